The molecule has 0 aliphatic heterocycles. The van der Waals surface area contributed by atoms with Crippen LogP contribution < -0.4 is 0 Å². The first-order valence-electron chi connectivity index (χ1n) is 6.75. The van der Waals surface area contributed by atoms with Crippen LogP contribution in [-0.4, -0.2) is 31.1 Å². The number of rotatable bonds is 6. The summed E-state index contributed by atoms with van der Waals surface area (Å²) in [4.78, 5) is 14.4. The maximum Gasteiger partial charge on any atom is 0.226 e. The maximum atomic E-state index is 12.5. The minimum atomic E-state index is 0.119. The fourth-order valence-electron chi connectivity index (χ4n) is 2.35. The molecule has 4 heteroatoms. The summed E-state index contributed by atoms with van der Waals surface area (Å²) in [6.45, 7) is 1.78. The summed E-state index contributed by atoms with van der Waals surface area (Å²) >= 11 is 0. The number of carbonyl (C=O) groups is 1. The Hall–Kier alpha value is -1.55. The summed E-state index contributed by atoms with van der Waals surface area (Å²) in [7, 11) is 1.66. The second-order valence-corrected chi connectivity index (χ2v) is 4.87. The summed E-state index contributed by atoms with van der Waals surface area (Å²) < 4.78 is 10.2. The number of allylic oxidation sites excluding steroid dienone is 2. The molecule has 1 aliphatic carbocycles. The van der Waals surface area contributed by atoms with Crippen LogP contribution in [-0.2, 0) is 16.1 Å². The average Bonchev–Trinajstić information content (AvgIpc) is 2.96. The molecule has 104 valence electrons. The third-order valence-electron chi connectivity index (χ3n) is 3.45. The Morgan fingerprint density at radius 2 is 2.42 bits per heavy atom. The lowest BCUT2D eigenvalue weighted by Crippen LogP contribution is -2.38. The molecule has 19 heavy (non-hydrogen) atoms. The van der Waals surface area contributed by atoms with E-state index >= 15 is 0 Å². The first-order chi connectivity index (χ1) is 9.31. The molecule has 4 nitrogen and oxygen atoms in total. The van der Waals surface area contributed by atoms with Gasteiger partial charge >= 0.3 is 0 Å². The number of furan rings is 1. The molecule has 0 aromatic carbocycles. The Kier molecular flexibility index (Phi) is 5.21. The number of carbonyl (C=O) groups excluding carboxylic acids is 1. The van der Waals surface area contributed by atoms with Crippen molar-refractivity contribution in [1.82, 2.24) is 4.90 Å². The van der Waals surface area contributed by atoms with Crippen molar-refractivity contribution < 1.29 is 13.9 Å². The van der Waals surface area contributed by atoms with Gasteiger partial charge < -0.3 is 14.1 Å². The van der Waals surface area contributed by atoms with Gasteiger partial charge in [0.25, 0.3) is 0 Å². The van der Waals surface area contributed by atoms with Crippen LogP contribution in [0.15, 0.2) is 35.2 Å². The van der Waals surface area contributed by atoms with Gasteiger partial charge in [-0.2, -0.15) is 0 Å². The van der Waals surface area contributed by atoms with E-state index in [0.29, 0.717) is 19.7 Å². The van der Waals surface area contributed by atoms with E-state index in [1.165, 1.54) is 0 Å². The molecule has 1 aromatic heterocycles. The third-order valence-corrected chi connectivity index (χ3v) is 3.45. The lowest BCUT2D eigenvalue weighted by atomic mass is 9.93. The molecule has 0 unspecified atom stereocenters. The van der Waals surface area contributed by atoms with Gasteiger partial charge in [0, 0.05) is 31.7 Å². The van der Waals surface area contributed by atoms with Crippen molar-refractivity contribution in [3.63, 3.8) is 0 Å². The highest BCUT2D eigenvalue weighted by Crippen LogP contribution is 2.21. The molecule has 1 amide bonds. The predicted molar refractivity (Wildman–Crippen MR) is 72.5 cm³/mol. The van der Waals surface area contributed by atoms with E-state index in [1.807, 2.05) is 11.0 Å². The largest absolute Gasteiger partial charge is 0.472 e. The van der Waals surface area contributed by atoms with Gasteiger partial charge in [0.15, 0.2) is 0 Å². The third kappa shape index (κ3) is 3.96. The zero-order valence-corrected chi connectivity index (χ0v) is 11.4. The zero-order valence-electron chi connectivity index (χ0n) is 11.4. The van der Waals surface area contributed by atoms with E-state index in [2.05, 4.69) is 12.2 Å². The van der Waals surface area contributed by atoms with Gasteiger partial charge in [0.2, 0.25) is 5.91 Å². The van der Waals surface area contributed by atoms with Crippen LogP contribution in [0.3, 0.4) is 0 Å². The Morgan fingerprint density at radius 3 is 3.05 bits per heavy atom. The molecule has 0 bridgehead atoms. The van der Waals surface area contributed by atoms with Crippen LogP contribution in [0.1, 0.15) is 24.8 Å². The van der Waals surface area contributed by atoms with Crippen molar-refractivity contribution in [1.29, 1.82) is 0 Å². The second-order valence-electron chi connectivity index (χ2n) is 4.87. The van der Waals surface area contributed by atoms with Crippen LogP contribution in [0.4, 0.5) is 0 Å². The van der Waals surface area contributed by atoms with Crippen molar-refractivity contribution in [2.24, 2.45) is 5.92 Å². The SMILES string of the molecule is COCCN(Cc1ccoc1)C(=O)[C@@H]1CC=CCC1. The number of nitrogens with zero attached hydrogens (tertiary/aromatic N) is 1. The molecule has 1 atom stereocenters. The predicted octanol–water partition coefficient (Wildman–Crippen LogP) is 2.61. The standard InChI is InChI=1S/C15H21NO3/c1-18-10-8-16(11-13-7-9-19-12-13)15(17)14-5-3-2-4-6-14/h2-3,7,9,12,14H,4-6,8,10-11H2,1H3/t14-/m1/s1. The van der Waals surface area contributed by atoms with Crippen molar-refractivity contribution in [3.8, 4) is 0 Å². The van der Waals surface area contributed by atoms with E-state index in [4.69, 9.17) is 9.15 Å². The summed E-state index contributed by atoms with van der Waals surface area (Å²) in [5.74, 6) is 0.344. The smallest absolute Gasteiger partial charge is 0.226 e. The molecule has 0 N–H and O–H groups in total. The van der Waals surface area contributed by atoms with E-state index in [-0.39, 0.29) is 11.8 Å². The van der Waals surface area contributed by atoms with E-state index in [9.17, 15) is 4.79 Å². The quantitative estimate of drug-likeness (QED) is 0.741. The van der Waals surface area contributed by atoms with Crippen LogP contribution in [0.2, 0.25) is 0 Å². The number of ether oxygens (including phenoxy) is 1. The number of hydrogen-bond acceptors (Lipinski definition) is 3. The summed E-state index contributed by atoms with van der Waals surface area (Å²) in [6.07, 6.45) is 10.4. The Labute approximate surface area is 114 Å². The fourth-order valence-corrected chi connectivity index (χ4v) is 2.35. The Balaban J connectivity index is 1.99. The molecule has 2 rings (SSSR count). The second kappa shape index (κ2) is 7.14. The molecular weight excluding hydrogens is 242 g/mol. The molecule has 0 spiro atoms. The highest BCUT2D eigenvalue weighted by atomic mass is 16.5. The van der Waals surface area contributed by atoms with Crippen molar-refractivity contribution in [3.05, 3.63) is 36.3 Å². The molecule has 0 saturated carbocycles. The summed E-state index contributed by atoms with van der Waals surface area (Å²) in [5, 5.41) is 0. The van der Waals surface area contributed by atoms with Gasteiger partial charge in [-0.3, -0.25) is 4.79 Å². The Morgan fingerprint density at radius 1 is 1.53 bits per heavy atom. The lowest BCUT2D eigenvalue weighted by Gasteiger charge is -2.27. The van der Waals surface area contributed by atoms with E-state index in [0.717, 1.165) is 24.8 Å². The fraction of sp³-hybridized carbons (Fsp3) is 0.533. The Bertz CT molecular complexity index is 411. The van der Waals surface area contributed by atoms with Crippen LogP contribution >= 0.6 is 0 Å². The molecule has 0 radical (unpaired) electrons. The highest BCUT2D eigenvalue weighted by molar-refractivity contribution is 5.79. The molecule has 0 fully saturated rings. The first-order valence-corrected chi connectivity index (χ1v) is 6.75. The molecule has 1 aromatic rings. The summed E-state index contributed by atoms with van der Waals surface area (Å²) in [5.41, 5.74) is 1.02. The summed E-state index contributed by atoms with van der Waals surface area (Å²) in [6, 6.07) is 1.90. The molecule has 0 saturated heterocycles. The van der Waals surface area contributed by atoms with Crippen LogP contribution in [0.25, 0.3) is 0 Å². The van der Waals surface area contributed by atoms with Gasteiger partial charge in [0.1, 0.15) is 0 Å². The molecule has 1 heterocycles. The van der Waals surface area contributed by atoms with Gasteiger partial charge in [-0.05, 0) is 25.3 Å². The molecular formula is C15H21NO3. The van der Waals surface area contributed by atoms with Gasteiger partial charge in [-0.25, -0.2) is 0 Å². The normalized spacial score (nSPS) is 18.5. The number of amides is 1. The van der Waals surface area contributed by atoms with E-state index < -0.39 is 0 Å². The topological polar surface area (TPSA) is 42.7 Å². The van der Waals surface area contributed by atoms with Crippen molar-refractivity contribution in [2.45, 2.75) is 25.8 Å². The lowest BCUT2D eigenvalue weighted by molar-refractivity contribution is -0.137. The average molecular weight is 263 g/mol. The van der Waals surface area contributed by atoms with Crippen LogP contribution in [0.5, 0.6) is 0 Å². The number of hydrogen-bond donors (Lipinski definition) is 0. The first kappa shape index (κ1) is 13.9. The van der Waals surface area contributed by atoms with Crippen LogP contribution in [0, 0.1) is 5.92 Å². The van der Waals surface area contributed by atoms with Crippen molar-refractivity contribution >= 4 is 5.91 Å². The van der Waals surface area contributed by atoms with Gasteiger partial charge in [-0.15, -0.1) is 0 Å². The van der Waals surface area contributed by atoms with Crippen molar-refractivity contribution in [2.75, 3.05) is 20.3 Å². The minimum absolute atomic E-state index is 0.119. The monoisotopic (exact) mass is 263 g/mol. The van der Waals surface area contributed by atoms with Gasteiger partial charge in [-0.1, -0.05) is 12.2 Å². The molecule has 1 aliphatic rings. The van der Waals surface area contributed by atoms with E-state index in [1.54, 1.807) is 19.6 Å². The zero-order chi connectivity index (χ0) is 13.5. The van der Waals surface area contributed by atoms with Gasteiger partial charge in [0.05, 0.1) is 19.1 Å². The minimum Gasteiger partial charge on any atom is -0.472 e. The number of methoxy groups -OCH3 is 1. The highest BCUT2D eigenvalue weighted by Gasteiger charge is 2.24. The maximum absolute atomic E-state index is 12.5.